The van der Waals surface area contributed by atoms with Crippen LogP contribution in [0.2, 0.25) is 0 Å². The highest BCUT2D eigenvalue weighted by atomic mass is 14.6. The predicted molar refractivity (Wildman–Crippen MR) is 50.3 cm³/mol. The normalized spacial score (nSPS) is 16.4. The van der Waals surface area contributed by atoms with Crippen molar-refractivity contribution in [3.63, 3.8) is 0 Å². The Kier molecular flexibility index (Phi) is 6.57. The van der Waals surface area contributed by atoms with E-state index in [1.807, 2.05) is 0 Å². The van der Waals surface area contributed by atoms with Crippen molar-refractivity contribution in [2.75, 3.05) is 6.54 Å². The molecule has 4 N–H and O–H groups in total. The molecule has 2 atom stereocenters. The molecule has 68 valence electrons. The lowest BCUT2D eigenvalue weighted by molar-refractivity contribution is 0.367. The summed E-state index contributed by atoms with van der Waals surface area (Å²) in [5.41, 5.74) is 11.4. The molecule has 0 aromatic rings. The van der Waals surface area contributed by atoms with Crippen LogP contribution >= 0.6 is 0 Å². The molecule has 2 heteroatoms. The Bertz CT molecular complexity index is 83.6. The van der Waals surface area contributed by atoms with E-state index in [-0.39, 0.29) is 0 Å². The Balaban J connectivity index is 3.56. The van der Waals surface area contributed by atoms with Gasteiger partial charge in [0.05, 0.1) is 0 Å². The van der Waals surface area contributed by atoms with Gasteiger partial charge >= 0.3 is 0 Å². The summed E-state index contributed by atoms with van der Waals surface area (Å²) in [6.07, 6.45) is 4.59. The fourth-order valence-corrected chi connectivity index (χ4v) is 1.43. The predicted octanol–water partition coefficient (Wildman–Crippen LogP) is 1.49. The third-order valence-electron chi connectivity index (χ3n) is 2.38. The topological polar surface area (TPSA) is 52.0 Å². The molecule has 0 saturated heterocycles. The van der Waals surface area contributed by atoms with Gasteiger partial charge in [-0.3, -0.25) is 0 Å². The second-order valence-corrected chi connectivity index (χ2v) is 3.17. The van der Waals surface area contributed by atoms with Gasteiger partial charge in [0.25, 0.3) is 0 Å². The summed E-state index contributed by atoms with van der Waals surface area (Å²) in [7, 11) is 0. The molecule has 0 heterocycles. The van der Waals surface area contributed by atoms with Gasteiger partial charge in [-0.1, -0.05) is 20.3 Å². The largest absolute Gasteiger partial charge is 0.330 e. The van der Waals surface area contributed by atoms with E-state index >= 15 is 0 Å². The van der Waals surface area contributed by atoms with Crippen molar-refractivity contribution in [3.05, 3.63) is 0 Å². The monoisotopic (exact) mass is 158 g/mol. The van der Waals surface area contributed by atoms with E-state index in [4.69, 9.17) is 11.5 Å². The maximum Gasteiger partial charge on any atom is 0.00644 e. The minimum absolute atomic E-state index is 0.381. The van der Waals surface area contributed by atoms with E-state index in [2.05, 4.69) is 13.8 Å². The minimum atomic E-state index is 0.381. The molecule has 0 bridgehead atoms. The van der Waals surface area contributed by atoms with Crippen LogP contribution in [0, 0.1) is 5.92 Å². The molecule has 0 rings (SSSR count). The van der Waals surface area contributed by atoms with Gasteiger partial charge < -0.3 is 11.5 Å². The van der Waals surface area contributed by atoms with Crippen LogP contribution in [-0.4, -0.2) is 12.6 Å². The summed E-state index contributed by atoms with van der Waals surface area (Å²) < 4.78 is 0. The average Bonchev–Trinajstić information content (AvgIpc) is 2.05. The van der Waals surface area contributed by atoms with Crippen molar-refractivity contribution in [2.24, 2.45) is 17.4 Å². The van der Waals surface area contributed by atoms with Crippen LogP contribution in [0.5, 0.6) is 0 Å². The van der Waals surface area contributed by atoms with Crippen molar-refractivity contribution in [2.45, 2.75) is 45.6 Å². The zero-order valence-corrected chi connectivity index (χ0v) is 7.84. The first kappa shape index (κ1) is 10.9. The van der Waals surface area contributed by atoms with Gasteiger partial charge in [-0.05, 0) is 31.7 Å². The zero-order valence-electron chi connectivity index (χ0n) is 7.84. The summed E-state index contributed by atoms with van der Waals surface area (Å²) in [4.78, 5) is 0. The van der Waals surface area contributed by atoms with Crippen LogP contribution in [0.4, 0.5) is 0 Å². The quantitative estimate of drug-likeness (QED) is 0.615. The third kappa shape index (κ3) is 4.38. The maximum absolute atomic E-state index is 5.93. The fraction of sp³-hybridized carbons (Fsp3) is 1.00. The minimum Gasteiger partial charge on any atom is -0.330 e. The Morgan fingerprint density at radius 1 is 1.18 bits per heavy atom. The smallest absolute Gasteiger partial charge is 0.00644 e. The summed E-state index contributed by atoms with van der Waals surface area (Å²) in [6.45, 7) is 5.15. The van der Waals surface area contributed by atoms with Gasteiger partial charge in [0, 0.05) is 6.04 Å². The van der Waals surface area contributed by atoms with Gasteiger partial charge in [0.1, 0.15) is 0 Å². The highest BCUT2D eigenvalue weighted by molar-refractivity contribution is 4.70. The number of hydrogen-bond acceptors (Lipinski definition) is 2. The first-order valence-electron chi connectivity index (χ1n) is 4.71. The standard InChI is InChI=1S/C9H22N2/c1-3-8(6-5-7-10)9(11)4-2/h8-9H,3-7,10-11H2,1-2H3. The van der Waals surface area contributed by atoms with E-state index in [0.717, 1.165) is 19.4 Å². The van der Waals surface area contributed by atoms with E-state index in [0.29, 0.717) is 12.0 Å². The van der Waals surface area contributed by atoms with E-state index in [1.165, 1.54) is 12.8 Å². The first-order chi connectivity index (χ1) is 5.26. The number of nitrogens with two attached hydrogens (primary N) is 2. The molecule has 0 aromatic heterocycles. The van der Waals surface area contributed by atoms with Crippen molar-refractivity contribution in [3.8, 4) is 0 Å². The lowest BCUT2D eigenvalue weighted by atomic mass is 9.91. The maximum atomic E-state index is 5.93. The van der Waals surface area contributed by atoms with Crippen molar-refractivity contribution < 1.29 is 0 Å². The van der Waals surface area contributed by atoms with Gasteiger partial charge in [-0.15, -0.1) is 0 Å². The molecule has 0 saturated carbocycles. The Labute approximate surface area is 70.3 Å². The molecule has 0 aromatic carbocycles. The molecule has 0 fully saturated rings. The van der Waals surface area contributed by atoms with Crippen molar-refractivity contribution in [1.82, 2.24) is 0 Å². The van der Waals surface area contributed by atoms with Crippen molar-refractivity contribution in [1.29, 1.82) is 0 Å². The van der Waals surface area contributed by atoms with E-state index in [1.54, 1.807) is 0 Å². The SMILES string of the molecule is CCC(N)C(CC)CCCN. The molecular weight excluding hydrogens is 136 g/mol. The molecule has 11 heavy (non-hydrogen) atoms. The lowest BCUT2D eigenvalue weighted by Crippen LogP contribution is -2.29. The van der Waals surface area contributed by atoms with Crippen LogP contribution in [-0.2, 0) is 0 Å². The van der Waals surface area contributed by atoms with Gasteiger partial charge in [-0.2, -0.15) is 0 Å². The second-order valence-electron chi connectivity index (χ2n) is 3.17. The lowest BCUT2D eigenvalue weighted by Gasteiger charge is -2.20. The van der Waals surface area contributed by atoms with Crippen LogP contribution in [0.3, 0.4) is 0 Å². The highest BCUT2D eigenvalue weighted by Gasteiger charge is 2.12. The first-order valence-corrected chi connectivity index (χ1v) is 4.71. The molecule has 0 aliphatic heterocycles. The Morgan fingerprint density at radius 2 is 1.82 bits per heavy atom. The fourth-order valence-electron chi connectivity index (χ4n) is 1.43. The molecular formula is C9H22N2. The summed E-state index contributed by atoms with van der Waals surface area (Å²) in [5.74, 6) is 0.684. The van der Waals surface area contributed by atoms with Crippen molar-refractivity contribution >= 4 is 0 Å². The number of hydrogen-bond donors (Lipinski definition) is 2. The molecule has 0 radical (unpaired) electrons. The molecule has 0 aliphatic carbocycles. The van der Waals surface area contributed by atoms with Crippen LogP contribution in [0.1, 0.15) is 39.5 Å². The zero-order chi connectivity index (χ0) is 8.69. The summed E-state index contributed by atoms with van der Waals surface area (Å²) in [5, 5.41) is 0. The molecule has 0 amide bonds. The van der Waals surface area contributed by atoms with Crippen LogP contribution in [0.15, 0.2) is 0 Å². The third-order valence-corrected chi connectivity index (χ3v) is 2.38. The van der Waals surface area contributed by atoms with Gasteiger partial charge in [0.2, 0.25) is 0 Å². The Morgan fingerprint density at radius 3 is 2.18 bits per heavy atom. The van der Waals surface area contributed by atoms with E-state index in [9.17, 15) is 0 Å². The number of rotatable bonds is 6. The van der Waals surface area contributed by atoms with Crippen LogP contribution in [0.25, 0.3) is 0 Å². The average molecular weight is 158 g/mol. The van der Waals surface area contributed by atoms with E-state index < -0.39 is 0 Å². The second kappa shape index (κ2) is 6.62. The summed E-state index contributed by atoms with van der Waals surface area (Å²) >= 11 is 0. The van der Waals surface area contributed by atoms with Gasteiger partial charge in [0.15, 0.2) is 0 Å². The summed E-state index contributed by atoms with van der Waals surface area (Å²) in [6, 6.07) is 0.381. The molecule has 0 spiro atoms. The highest BCUT2D eigenvalue weighted by Crippen LogP contribution is 2.15. The Hall–Kier alpha value is -0.0800. The van der Waals surface area contributed by atoms with Gasteiger partial charge in [-0.25, -0.2) is 0 Å². The molecule has 2 nitrogen and oxygen atoms in total. The molecule has 0 aliphatic rings. The molecule has 2 unspecified atom stereocenters. The van der Waals surface area contributed by atoms with Crippen LogP contribution < -0.4 is 11.5 Å².